The highest BCUT2D eigenvalue weighted by atomic mass is 32.2. The first-order valence-electron chi connectivity index (χ1n) is 15.7. The zero-order chi connectivity index (χ0) is 33.5. The van der Waals surface area contributed by atoms with Crippen molar-refractivity contribution in [2.24, 2.45) is 0 Å². The molecule has 2 saturated heterocycles. The van der Waals surface area contributed by atoms with Gasteiger partial charge < -0.3 is 25.2 Å². The van der Waals surface area contributed by atoms with Crippen molar-refractivity contribution in [3.63, 3.8) is 0 Å². The van der Waals surface area contributed by atoms with Crippen molar-refractivity contribution in [2.75, 3.05) is 53.1 Å². The standard InChI is InChI=1S/C33H43FN4O7S2/c1-35-46(40,41)31-6-3-5-30(19-31)44-24-29(39)22-37-28-20-33(45-23-28)12-16-38(17-13-33)47(42,43)32-7-2-4-27(18-32)26-10-8-25(9-11-26)21-36-15-14-34/h2-11,18-19,28-29,35-37,39H,12-17,20-24H2,1H3. The molecule has 0 amide bonds. The van der Waals surface area contributed by atoms with E-state index in [4.69, 9.17) is 9.47 Å². The Bertz CT molecular complexity index is 1700. The number of aliphatic hydroxyl groups excluding tert-OH is 1. The lowest BCUT2D eigenvalue weighted by atomic mass is 9.88. The van der Waals surface area contributed by atoms with E-state index < -0.39 is 38.4 Å². The highest BCUT2D eigenvalue weighted by Crippen LogP contribution is 2.37. The SMILES string of the molecule is CNS(=O)(=O)c1cccc(OCC(O)CNC2COC3(CCN(S(=O)(=O)c4cccc(-c5ccc(CNCCF)cc5)c4)CC3)C2)c1. The van der Waals surface area contributed by atoms with Crippen LogP contribution in [-0.2, 0) is 31.3 Å². The molecule has 1 spiro atoms. The van der Waals surface area contributed by atoms with Gasteiger partial charge in [0.25, 0.3) is 0 Å². The van der Waals surface area contributed by atoms with Crippen LogP contribution in [-0.4, -0.2) is 97.1 Å². The van der Waals surface area contributed by atoms with Crippen LogP contribution in [0.4, 0.5) is 4.39 Å². The number of ether oxygens (including phenoxy) is 2. The second kappa shape index (κ2) is 15.5. The quantitative estimate of drug-likeness (QED) is 0.177. The van der Waals surface area contributed by atoms with E-state index >= 15 is 0 Å². The molecule has 2 aliphatic rings. The van der Waals surface area contributed by atoms with Crippen LogP contribution in [0, 0.1) is 0 Å². The third-order valence-corrected chi connectivity index (χ3v) is 12.0. The van der Waals surface area contributed by atoms with E-state index in [2.05, 4.69) is 15.4 Å². The van der Waals surface area contributed by atoms with Crippen LogP contribution in [0.25, 0.3) is 11.1 Å². The Hall–Kier alpha value is -2.95. The Morgan fingerprint density at radius 1 is 1.00 bits per heavy atom. The largest absolute Gasteiger partial charge is 0.491 e. The number of hydrogen-bond acceptors (Lipinski definition) is 9. The molecule has 0 saturated carbocycles. The van der Waals surface area contributed by atoms with Crippen LogP contribution >= 0.6 is 0 Å². The van der Waals surface area contributed by atoms with Crippen molar-refractivity contribution in [2.45, 2.75) is 53.3 Å². The number of hydrogen-bond donors (Lipinski definition) is 4. The fourth-order valence-corrected chi connectivity index (χ4v) is 8.21. The Balaban J connectivity index is 1.09. The number of rotatable bonds is 15. The van der Waals surface area contributed by atoms with E-state index in [0.29, 0.717) is 57.8 Å². The second-order valence-electron chi connectivity index (χ2n) is 11.9. The van der Waals surface area contributed by atoms with Crippen LogP contribution in [0.5, 0.6) is 5.75 Å². The number of benzene rings is 3. The van der Waals surface area contributed by atoms with E-state index in [-0.39, 0.29) is 29.0 Å². The molecule has 0 aromatic heterocycles. The third-order valence-electron chi connectivity index (χ3n) is 8.67. The van der Waals surface area contributed by atoms with E-state index in [9.17, 15) is 26.3 Å². The van der Waals surface area contributed by atoms with Gasteiger partial charge in [-0.3, -0.25) is 0 Å². The summed E-state index contributed by atoms with van der Waals surface area (Å²) >= 11 is 0. The summed E-state index contributed by atoms with van der Waals surface area (Å²) in [5.74, 6) is 0.339. The number of nitrogens with one attached hydrogen (secondary N) is 3. The molecule has 0 bridgehead atoms. The fraction of sp³-hybridized carbons (Fsp3) is 0.455. The molecule has 11 nitrogen and oxygen atoms in total. The molecule has 3 aromatic carbocycles. The van der Waals surface area contributed by atoms with Gasteiger partial charge in [-0.15, -0.1) is 0 Å². The van der Waals surface area contributed by atoms with Crippen molar-refractivity contribution in [1.82, 2.24) is 19.7 Å². The molecule has 2 aliphatic heterocycles. The molecule has 0 aliphatic carbocycles. The number of piperidine rings is 1. The molecular weight excluding hydrogens is 648 g/mol. The first-order valence-corrected chi connectivity index (χ1v) is 18.6. The summed E-state index contributed by atoms with van der Waals surface area (Å²) in [5, 5.41) is 16.8. The summed E-state index contributed by atoms with van der Waals surface area (Å²) in [7, 11) is -5.97. The zero-order valence-electron chi connectivity index (χ0n) is 26.4. The van der Waals surface area contributed by atoms with Gasteiger partial charge in [0, 0.05) is 44.8 Å². The van der Waals surface area contributed by atoms with Crippen LogP contribution in [0.2, 0.25) is 0 Å². The molecule has 0 radical (unpaired) electrons. The van der Waals surface area contributed by atoms with Gasteiger partial charge in [0.15, 0.2) is 0 Å². The van der Waals surface area contributed by atoms with Gasteiger partial charge in [-0.05, 0) is 67.3 Å². The van der Waals surface area contributed by atoms with Crippen LogP contribution in [0.1, 0.15) is 24.8 Å². The molecule has 2 atom stereocenters. The highest BCUT2D eigenvalue weighted by molar-refractivity contribution is 7.89. The van der Waals surface area contributed by atoms with Gasteiger partial charge in [-0.2, -0.15) is 4.31 Å². The number of aliphatic hydroxyl groups is 1. The van der Waals surface area contributed by atoms with Crippen LogP contribution < -0.4 is 20.1 Å². The predicted molar refractivity (Wildman–Crippen MR) is 177 cm³/mol. The van der Waals surface area contributed by atoms with Gasteiger partial charge in [0.05, 0.1) is 22.0 Å². The summed E-state index contributed by atoms with van der Waals surface area (Å²) in [6.07, 6.45) is 1.01. The van der Waals surface area contributed by atoms with E-state index in [1.54, 1.807) is 30.3 Å². The van der Waals surface area contributed by atoms with Gasteiger partial charge in [0.1, 0.15) is 25.1 Å². The number of nitrogens with zero attached hydrogens (tertiary/aromatic N) is 1. The molecular formula is C33H43FN4O7S2. The minimum Gasteiger partial charge on any atom is -0.491 e. The molecule has 2 fully saturated rings. The smallest absolute Gasteiger partial charge is 0.243 e. The van der Waals surface area contributed by atoms with Crippen molar-refractivity contribution >= 4 is 20.0 Å². The fourth-order valence-electron chi connectivity index (χ4n) is 5.96. The lowest BCUT2D eigenvalue weighted by molar-refractivity contribution is -0.0312. The van der Waals surface area contributed by atoms with Crippen LogP contribution in [0.3, 0.4) is 0 Å². The molecule has 3 aromatic rings. The molecule has 4 N–H and O–H groups in total. The maximum Gasteiger partial charge on any atom is 0.243 e. The monoisotopic (exact) mass is 690 g/mol. The first kappa shape index (κ1) is 35.4. The Labute approximate surface area is 276 Å². The minimum atomic E-state index is -3.71. The zero-order valence-corrected chi connectivity index (χ0v) is 28.0. The number of sulfonamides is 2. The van der Waals surface area contributed by atoms with Gasteiger partial charge in [-0.25, -0.2) is 25.9 Å². The average Bonchev–Trinajstić information content (AvgIpc) is 3.49. The van der Waals surface area contributed by atoms with Gasteiger partial charge in [0.2, 0.25) is 20.0 Å². The normalized spacial score (nSPS) is 19.2. The second-order valence-corrected chi connectivity index (χ2v) is 15.8. The van der Waals surface area contributed by atoms with Crippen LogP contribution in [0.15, 0.2) is 82.6 Å². The summed E-state index contributed by atoms with van der Waals surface area (Å²) in [4.78, 5) is 0.326. The van der Waals surface area contributed by atoms with Gasteiger partial charge in [-0.1, -0.05) is 42.5 Å². The molecule has 5 rings (SSSR count). The summed E-state index contributed by atoms with van der Waals surface area (Å²) in [6, 6.07) is 20.8. The summed E-state index contributed by atoms with van der Waals surface area (Å²) in [6.45, 7) is 1.83. The van der Waals surface area contributed by atoms with Crippen molar-refractivity contribution in [3.05, 3.63) is 78.4 Å². The molecule has 256 valence electrons. The summed E-state index contributed by atoms with van der Waals surface area (Å²) in [5.41, 5.74) is 2.30. The number of alkyl halides is 1. The Morgan fingerprint density at radius 3 is 2.45 bits per heavy atom. The average molecular weight is 691 g/mol. The lowest BCUT2D eigenvalue weighted by Crippen LogP contribution is -2.47. The topological polar surface area (TPSA) is 146 Å². The van der Waals surface area contributed by atoms with E-state index in [1.165, 1.54) is 23.5 Å². The highest BCUT2D eigenvalue weighted by Gasteiger charge is 2.44. The third kappa shape index (κ3) is 8.95. The van der Waals surface area contributed by atoms with Crippen molar-refractivity contribution in [1.29, 1.82) is 0 Å². The minimum absolute atomic E-state index is 0.000507. The lowest BCUT2D eigenvalue weighted by Gasteiger charge is -2.38. The van der Waals surface area contributed by atoms with Crippen molar-refractivity contribution < 1.29 is 35.8 Å². The van der Waals surface area contributed by atoms with Crippen molar-refractivity contribution in [3.8, 4) is 16.9 Å². The molecule has 14 heteroatoms. The summed E-state index contributed by atoms with van der Waals surface area (Å²) < 4.78 is 79.3. The van der Waals surface area contributed by atoms with Gasteiger partial charge >= 0.3 is 0 Å². The van der Waals surface area contributed by atoms with E-state index in [1.807, 2.05) is 30.3 Å². The predicted octanol–water partition coefficient (Wildman–Crippen LogP) is 2.66. The Morgan fingerprint density at radius 2 is 1.72 bits per heavy atom. The maximum atomic E-state index is 13.6. The Kier molecular flexibility index (Phi) is 11.7. The molecule has 2 unspecified atom stereocenters. The molecule has 47 heavy (non-hydrogen) atoms. The molecule has 2 heterocycles. The first-order chi connectivity index (χ1) is 22.5. The number of halogens is 1. The maximum absolute atomic E-state index is 13.6. The van der Waals surface area contributed by atoms with E-state index in [0.717, 1.165) is 16.7 Å².